The minimum absolute atomic E-state index is 0.237. The molecule has 0 spiro atoms. The van der Waals surface area contributed by atoms with Crippen LogP contribution in [-0.4, -0.2) is 29.8 Å². The Hall–Kier alpha value is -2.76. The Kier molecular flexibility index (Phi) is 3.75. The van der Waals surface area contributed by atoms with E-state index in [1.54, 1.807) is 24.4 Å². The summed E-state index contributed by atoms with van der Waals surface area (Å²) < 4.78 is 11.4. The summed E-state index contributed by atoms with van der Waals surface area (Å²) >= 11 is 0. The Labute approximate surface area is 146 Å². The number of amides is 1. The molecule has 1 aromatic carbocycles. The number of aromatic nitrogens is 1. The van der Waals surface area contributed by atoms with Gasteiger partial charge in [-0.25, -0.2) is 0 Å². The first-order valence-electron chi connectivity index (χ1n) is 8.55. The van der Waals surface area contributed by atoms with Crippen LogP contribution in [0.5, 0.6) is 11.5 Å². The predicted octanol–water partition coefficient (Wildman–Crippen LogP) is 3.44. The zero-order valence-corrected chi connectivity index (χ0v) is 14.4. The van der Waals surface area contributed by atoms with Crippen LogP contribution in [0.25, 0.3) is 0 Å². The smallest absolute Gasteiger partial charge is 0.274 e. The van der Waals surface area contributed by atoms with E-state index in [4.69, 9.17) is 9.47 Å². The van der Waals surface area contributed by atoms with Gasteiger partial charge in [0.15, 0.2) is 11.5 Å². The van der Waals surface area contributed by atoms with E-state index in [2.05, 4.69) is 15.2 Å². The molecule has 3 heterocycles. The maximum atomic E-state index is 12.5. The van der Waals surface area contributed by atoms with E-state index in [0.717, 1.165) is 18.8 Å². The average Bonchev–Trinajstić information content (AvgIpc) is 3.21. The largest absolute Gasteiger partial charge is 0.449 e. The summed E-state index contributed by atoms with van der Waals surface area (Å²) in [6.07, 6.45) is 4.07. The van der Waals surface area contributed by atoms with Crippen molar-refractivity contribution in [2.24, 2.45) is 0 Å². The van der Waals surface area contributed by atoms with Gasteiger partial charge in [0.2, 0.25) is 5.79 Å². The Balaban J connectivity index is 1.50. The van der Waals surface area contributed by atoms with Crippen LogP contribution >= 0.6 is 0 Å². The van der Waals surface area contributed by atoms with Crippen LogP contribution < -0.4 is 19.7 Å². The number of carbonyl (C=O) groups is 1. The van der Waals surface area contributed by atoms with Crippen molar-refractivity contribution in [2.45, 2.75) is 32.5 Å². The van der Waals surface area contributed by atoms with Crippen molar-refractivity contribution >= 4 is 17.3 Å². The molecule has 2 aliphatic heterocycles. The summed E-state index contributed by atoms with van der Waals surface area (Å²) in [7, 11) is 0. The molecular weight excluding hydrogens is 318 g/mol. The van der Waals surface area contributed by atoms with Crippen molar-refractivity contribution in [2.75, 3.05) is 23.3 Å². The first kappa shape index (κ1) is 15.7. The van der Waals surface area contributed by atoms with Crippen LogP contribution in [0.15, 0.2) is 36.5 Å². The molecule has 1 fully saturated rings. The van der Waals surface area contributed by atoms with Crippen LogP contribution in [0.3, 0.4) is 0 Å². The van der Waals surface area contributed by atoms with Crippen LogP contribution in [-0.2, 0) is 0 Å². The van der Waals surface area contributed by atoms with Crippen molar-refractivity contribution < 1.29 is 14.3 Å². The van der Waals surface area contributed by atoms with Gasteiger partial charge in [-0.3, -0.25) is 9.78 Å². The van der Waals surface area contributed by atoms with Crippen LogP contribution in [0.1, 0.15) is 37.2 Å². The van der Waals surface area contributed by atoms with Crippen molar-refractivity contribution in [1.29, 1.82) is 0 Å². The van der Waals surface area contributed by atoms with Gasteiger partial charge in [0.1, 0.15) is 5.69 Å². The highest BCUT2D eigenvalue weighted by Gasteiger charge is 2.31. The zero-order chi connectivity index (χ0) is 17.4. The summed E-state index contributed by atoms with van der Waals surface area (Å²) in [6.45, 7) is 5.75. The number of rotatable bonds is 3. The molecule has 130 valence electrons. The second kappa shape index (κ2) is 5.95. The fraction of sp³-hybridized carbons (Fsp3) is 0.368. The monoisotopic (exact) mass is 339 g/mol. The first-order chi connectivity index (χ1) is 12.0. The molecule has 0 aliphatic carbocycles. The Morgan fingerprint density at radius 3 is 2.68 bits per heavy atom. The highest BCUT2D eigenvalue weighted by Crippen LogP contribution is 2.40. The van der Waals surface area contributed by atoms with Gasteiger partial charge in [-0.2, -0.15) is 0 Å². The third kappa shape index (κ3) is 3.24. The summed E-state index contributed by atoms with van der Waals surface area (Å²) in [5.41, 5.74) is 2.10. The van der Waals surface area contributed by atoms with Crippen LogP contribution in [0, 0.1) is 0 Å². The molecule has 0 saturated carbocycles. The third-order valence-corrected chi connectivity index (χ3v) is 4.36. The number of nitrogens with one attached hydrogen (secondary N) is 1. The van der Waals surface area contributed by atoms with E-state index in [1.807, 2.05) is 26.0 Å². The second-order valence-electron chi connectivity index (χ2n) is 6.81. The van der Waals surface area contributed by atoms with E-state index >= 15 is 0 Å². The number of hydrogen-bond acceptors (Lipinski definition) is 5. The number of anilines is 2. The van der Waals surface area contributed by atoms with Crippen LogP contribution in [0.2, 0.25) is 0 Å². The summed E-state index contributed by atoms with van der Waals surface area (Å²) in [5, 5.41) is 2.88. The van der Waals surface area contributed by atoms with E-state index in [0.29, 0.717) is 22.9 Å². The molecule has 6 nitrogen and oxygen atoms in total. The van der Waals surface area contributed by atoms with E-state index < -0.39 is 5.79 Å². The standard InChI is InChI=1S/C19H21N3O3/c1-19(2)24-16-6-5-13(11-17(16)25-19)21-18(23)15-12-14(7-8-20-15)22-9-3-4-10-22/h5-8,11-12H,3-4,9-10H2,1-2H3,(H,21,23). The Bertz CT molecular complexity index is 813. The molecule has 1 amide bonds. The Morgan fingerprint density at radius 2 is 1.88 bits per heavy atom. The zero-order valence-electron chi connectivity index (χ0n) is 14.4. The van der Waals surface area contributed by atoms with Crippen molar-refractivity contribution in [3.8, 4) is 11.5 Å². The lowest BCUT2D eigenvalue weighted by Gasteiger charge is -2.17. The first-order valence-corrected chi connectivity index (χ1v) is 8.55. The quantitative estimate of drug-likeness (QED) is 0.928. The summed E-state index contributed by atoms with van der Waals surface area (Å²) in [4.78, 5) is 19.0. The topological polar surface area (TPSA) is 63.7 Å². The van der Waals surface area contributed by atoms with Gasteiger partial charge < -0.3 is 19.7 Å². The summed E-state index contributed by atoms with van der Waals surface area (Å²) in [6, 6.07) is 9.16. The lowest BCUT2D eigenvalue weighted by molar-refractivity contribution is -0.0431. The van der Waals surface area contributed by atoms with Gasteiger partial charge in [-0.15, -0.1) is 0 Å². The number of fused-ring (bicyclic) bond motifs is 1. The Morgan fingerprint density at radius 1 is 1.12 bits per heavy atom. The SMILES string of the molecule is CC1(C)Oc2ccc(NC(=O)c3cc(N4CCCC4)ccn3)cc2O1. The highest BCUT2D eigenvalue weighted by molar-refractivity contribution is 6.03. The maximum absolute atomic E-state index is 12.5. The van der Waals surface area contributed by atoms with E-state index in [9.17, 15) is 4.79 Å². The average molecular weight is 339 g/mol. The van der Waals surface area contributed by atoms with E-state index in [-0.39, 0.29) is 5.91 Å². The van der Waals surface area contributed by atoms with Gasteiger partial charge in [0.05, 0.1) is 0 Å². The van der Waals surface area contributed by atoms with Gasteiger partial charge in [0, 0.05) is 50.6 Å². The molecule has 4 rings (SSSR count). The van der Waals surface area contributed by atoms with Gasteiger partial charge >= 0.3 is 0 Å². The predicted molar refractivity (Wildman–Crippen MR) is 95.4 cm³/mol. The van der Waals surface area contributed by atoms with Gasteiger partial charge in [-0.05, 0) is 37.1 Å². The second-order valence-corrected chi connectivity index (χ2v) is 6.81. The highest BCUT2D eigenvalue weighted by atomic mass is 16.7. The van der Waals surface area contributed by atoms with Crippen molar-refractivity contribution in [1.82, 2.24) is 4.98 Å². The van der Waals surface area contributed by atoms with Gasteiger partial charge in [-0.1, -0.05) is 0 Å². The third-order valence-electron chi connectivity index (χ3n) is 4.36. The molecule has 1 aromatic heterocycles. The minimum atomic E-state index is -0.684. The molecule has 2 aromatic rings. The number of benzene rings is 1. The number of pyridine rings is 1. The molecule has 0 unspecified atom stereocenters. The molecule has 6 heteroatoms. The molecule has 0 atom stereocenters. The number of carbonyl (C=O) groups excluding carboxylic acids is 1. The fourth-order valence-corrected chi connectivity index (χ4v) is 3.21. The van der Waals surface area contributed by atoms with Gasteiger partial charge in [0.25, 0.3) is 5.91 Å². The number of hydrogen-bond donors (Lipinski definition) is 1. The lowest BCUT2D eigenvalue weighted by Crippen LogP contribution is -2.29. The molecule has 0 radical (unpaired) electrons. The number of nitrogens with zero attached hydrogens (tertiary/aromatic N) is 2. The maximum Gasteiger partial charge on any atom is 0.274 e. The van der Waals surface area contributed by atoms with E-state index in [1.165, 1.54) is 12.8 Å². The minimum Gasteiger partial charge on any atom is -0.449 e. The molecule has 25 heavy (non-hydrogen) atoms. The van der Waals surface area contributed by atoms with Crippen molar-refractivity contribution in [3.05, 3.63) is 42.2 Å². The lowest BCUT2D eigenvalue weighted by atomic mass is 10.2. The normalized spacial score (nSPS) is 17.6. The number of ether oxygens (including phenoxy) is 2. The molecule has 1 N–H and O–H groups in total. The van der Waals surface area contributed by atoms with Crippen molar-refractivity contribution in [3.63, 3.8) is 0 Å². The molecule has 2 aliphatic rings. The fourth-order valence-electron chi connectivity index (χ4n) is 3.21. The van der Waals surface area contributed by atoms with Crippen LogP contribution in [0.4, 0.5) is 11.4 Å². The molecule has 0 bridgehead atoms. The summed E-state index contributed by atoms with van der Waals surface area (Å²) in [5.74, 6) is 0.384. The molecular formula is C19H21N3O3. The molecule has 1 saturated heterocycles.